The fourth-order valence-corrected chi connectivity index (χ4v) is 2.38. The molecule has 0 fully saturated rings. The highest BCUT2D eigenvalue weighted by molar-refractivity contribution is 5.97. The van der Waals surface area contributed by atoms with Crippen LogP contribution >= 0.6 is 0 Å². The molecule has 0 bridgehead atoms. The Balaban J connectivity index is 1.94. The van der Waals surface area contributed by atoms with Crippen LogP contribution in [0.2, 0.25) is 0 Å². The number of hydrogen-bond acceptors (Lipinski definition) is 1. The number of Topliss-reactive ketones (excluding diaryl/α,β-unsaturated/α-hetero) is 1. The van der Waals surface area contributed by atoms with Crippen molar-refractivity contribution in [1.82, 2.24) is 4.57 Å². The van der Waals surface area contributed by atoms with Gasteiger partial charge in [-0.05, 0) is 42.6 Å². The Morgan fingerprint density at radius 2 is 1.95 bits per heavy atom. The first-order chi connectivity index (χ1) is 9.65. The van der Waals surface area contributed by atoms with Gasteiger partial charge in [0.25, 0.3) is 0 Å². The summed E-state index contributed by atoms with van der Waals surface area (Å²) in [6.45, 7) is 2.18. The van der Waals surface area contributed by atoms with E-state index < -0.39 is 5.82 Å². The molecular weight excluding hydrogens is 253 g/mol. The van der Waals surface area contributed by atoms with Gasteiger partial charge in [-0.2, -0.15) is 0 Å². The molecule has 20 heavy (non-hydrogen) atoms. The van der Waals surface area contributed by atoms with Crippen LogP contribution in [0.5, 0.6) is 0 Å². The monoisotopic (exact) mass is 267 g/mol. The van der Waals surface area contributed by atoms with Crippen LogP contribution in [0, 0.1) is 12.7 Å². The number of carbonyl (C=O) groups is 1. The van der Waals surface area contributed by atoms with E-state index in [0.717, 1.165) is 10.9 Å². The molecule has 2 aromatic carbocycles. The molecule has 0 N–H and O–H groups in total. The van der Waals surface area contributed by atoms with Crippen LogP contribution in [0.15, 0.2) is 54.7 Å². The molecule has 0 unspecified atom stereocenters. The van der Waals surface area contributed by atoms with Crippen molar-refractivity contribution in [2.75, 3.05) is 0 Å². The van der Waals surface area contributed by atoms with Crippen molar-refractivity contribution in [3.05, 3.63) is 71.7 Å². The van der Waals surface area contributed by atoms with Gasteiger partial charge in [0.15, 0.2) is 5.78 Å². The third-order valence-corrected chi connectivity index (χ3v) is 3.41. The molecule has 0 saturated carbocycles. The second kappa shape index (κ2) is 4.93. The minimum atomic E-state index is -0.468. The average Bonchev–Trinajstić information content (AvgIpc) is 2.81. The molecule has 1 aromatic heterocycles. The summed E-state index contributed by atoms with van der Waals surface area (Å²) in [5.74, 6) is -0.689. The number of benzene rings is 2. The highest BCUT2D eigenvalue weighted by Crippen LogP contribution is 2.18. The number of aromatic nitrogens is 1. The van der Waals surface area contributed by atoms with Crippen molar-refractivity contribution in [3.63, 3.8) is 0 Å². The second-order valence-electron chi connectivity index (χ2n) is 4.91. The summed E-state index contributed by atoms with van der Waals surface area (Å²) >= 11 is 0. The minimum Gasteiger partial charge on any atom is -0.340 e. The number of halogens is 1. The van der Waals surface area contributed by atoms with E-state index in [1.54, 1.807) is 12.1 Å². The fourth-order valence-electron chi connectivity index (χ4n) is 2.38. The van der Waals surface area contributed by atoms with Crippen LogP contribution in [0.1, 0.15) is 15.9 Å². The van der Waals surface area contributed by atoms with Gasteiger partial charge < -0.3 is 4.57 Å². The number of hydrogen-bond donors (Lipinski definition) is 0. The van der Waals surface area contributed by atoms with Crippen LogP contribution in [0.4, 0.5) is 4.39 Å². The van der Waals surface area contributed by atoms with Crippen molar-refractivity contribution in [2.24, 2.45) is 0 Å². The summed E-state index contributed by atoms with van der Waals surface area (Å²) in [6, 6.07) is 14.1. The lowest BCUT2D eigenvalue weighted by Gasteiger charge is -2.06. The maximum atomic E-state index is 13.6. The molecule has 0 saturated heterocycles. The number of aryl methyl sites for hydroxylation is 1. The molecule has 0 radical (unpaired) electrons. The Bertz CT molecular complexity index is 789. The average molecular weight is 267 g/mol. The van der Waals surface area contributed by atoms with Gasteiger partial charge in [-0.25, -0.2) is 4.39 Å². The van der Waals surface area contributed by atoms with Crippen LogP contribution in [0.25, 0.3) is 10.9 Å². The highest BCUT2D eigenvalue weighted by atomic mass is 19.1. The molecule has 2 nitrogen and oxygen atoms in total. The molecule has 1 heterocycles. The maximum absolute atomic E-state index is 13.6. The van der Waals surface area contributed by atoms with Crippen LogP contribution in [-0.4, -0.2) is 10.4 Å². The molecule has 0 aliphatic carbocycles. The second-order valence-corrected chi connectivity index (χ2v) is 4.91. The molecule has 0 atom stereocenters. The Kier molecular flexibility index (Phi) is 3.11. The molecule has 3 aromatic rings. The fraction of sp³-hybridized carbons (Fsp3) is 0.118. The quantitative estimate of drug-likeness (QED) is 0.658. The first-order valence-electron chi connectivity index (χ1n) is 6.48. The van der Waals surface area contributed by atoms with E-state index in [9.17, 15) is 9.18 Å². The van der Waals surface area contributed by atoms with Crippen molar-refractivity contribution in [2.45, 2.75) is 13.5 Å². The summed E-state index contributed by atoms with van der Waals surface area (Å²) in [5.41, 5.74) is 2.30. The predicted molar refractivity (Wildman–Crippen MR) is 77.4 cm³/mol. The smallest absolute Gasteiger partial charge is 0.185 e. The van der Waals surface area contributed by atoms with Crippen LogP contribution < -0.4 is 0 Å². The zero-order chi connectivity index (χ0) is 14.1. The molecule has 0 amide bonds. The van der Waals surface area contributed by atoms with E-state index in [0.29, 0.717) is 0 Å². The number of nitrogens with zero attached hydrogens (tertiary/aromatic N) is 1. The van der Waals surface area contributed by atoms with E-state index in [1.807, 2.05) is 35.9 Å². The molecule has 100 valence electrons. The number of rotatable bonds is 3. The van der Waals surface area contributed by atoms with Crippen LogP contribution in [-0.2, 0) is 6.54 Å². The molecule has 0 spiro atoms. The van der Waals surface area contributed by atoms with Gasteiger partial charge in [-0.3, -0.25) is 4.79 Å². The SMILES string of the molecule is Cc1ccc2c(ccn2CC(=O)c2ccccc2F)c1. The first-order valence-corrected chi connectivity index (χ1v) is 6.48. The van der Waals surface area contributed by atoms with E-state index in [-0.39, 0.29) is 17.9 Å². The Hall–Kier alpha value is -2.42. The van der Waals surface area contributed by atoms with Gasteiger partial charge in [-0.1, -0.05) is 23.8 Å². The highest BCUT2D eigenvalue weighted by Gasteiger charge is 2.12. The maximum Gasteiger partial charge on any atom is 0.185 e. The van der Waals surface area contributed by atoms with Gasteiger partial charge >= 0.3 is 0 Å². The van der Waals surface area contributed by atoms with E-state index in [1.165, 1.54) is 17.7 Å². The zero-order valence-corrected chi connectivity index (χ0v) is 11.1. The number of carbonyl (C=O) groups excluding carboxylic acids is 1. The van der Waals surface area contributed by atoms with E-state index >= 15 is 0 Å². The van der Waals surface area contributed by atoms with Crippen LogP contribution in [0.3, 0.4) is 0 Å². The van der Waals surface area contributed by atoms with Crippen molar-refractivity contribution in [3.8, 4) is 0 Å². The third kappa shape index (κ3) is 2.23. The summed E-state index contributed by atoms with van der Waals surface area (Å²) in [7, 11) is 0. The zero-order valence-electron chi connectivity index (χ0n) is 11.1. The van der Waals surface area contributed by atoms with Gasteiger partial charge in [0.2, 0.25) is 0 Å². The Morgan fingerprint density at radius 1 is 1.15 bits per heavy atom. The number of fused-ring (bicyclic) bond motifs is 1. The molecule has 3 heteroatoms. The normalized spacial score (nSPS) is 10.9. The summed E-state index contributed by atoms with van der Waals surface area (Å²) in [4.78, 5) is 12.2. The topological polar surface area (TPSA) is 22.0 Å². The third-order valence-electron chi connectivity index (χ3n) is 3.41. The van der Waals surface area contributed by atoms with Gasteiger partial charge in [-0.15, -0.1) is 0 Å². The predicted octanol–water partition coefficient (Wildman–Crippen LogP) is 3.97. The summed E-state index contributed by atoms with van der Waals surface area (Å²) in [5, 5.41) is 1.09. The molecule has 0 aliphatic heterocycles. The molecule has 3 rings (SSSR count). The minimum absolute atomic E-state index is 0.140. The molecular formula is C17H14FNO. The van der Waals surface area contributed by atoms with Gasteiger partial charge in [0.1, 0.15) is 5.82 Å². The van der Waals surface area contributed by atoms with E-state index in [2.05, 4.69) is 6.07 Å². The summed E-state index contributed by atoms with van der Waals surface area (Å²) in [6.07, 6.45) is 1.86. The van der Waals surface area contributed by atoms with E-state index in [4.69, 9.17) is 0 Å². The van der Waals surface area contributed by atoms with Crippen molar-refractivity contribution >= 4 is 16.7 Å². The Labute approximate surface area is 116 Å². The molecule has 0 aliphatic rings. The number of ketones is 1. The first kappa shape index (κ1) is 12.6. The lowest BCUT2D eigenvalue weighted by atomic mass is 10.1. The lowest BCUT2D eigenvalue weighted by Crippen LogP contribution is -2.11. The van der Waals surface area contributed by atoms with Crippen molar-refractivity contribution in [1.29, 1.82) is 0 Å². The lowest BCUT2D eigenvalue weighted by molar-refractivity contribution is 0.0969. The van der Waals surface area contributed by atoms with Crippen molar-refractivity contribution < 1.29 is 9.18 Å². The Morgan fingerprint density at radius 3 is 2.75 bits per heavy atom. The standard InChI is InChI=1S/C17H14FNO/c1-12-6-7-16-13(10-12)8-9-19(16)11-17(20)14-4-2-3-5-15(14)18/h2-10H,11H2,1H3. The van der Waals surface area contributed by atoms with Gasteiger partial charge in [0.05, 0.1) is 12.1 Å². The summed E-state index contributed by atoms with van der Waals surface area (Å²) < 4.78 is 15.5. The van der Waals surface area contributed by atoms with Gasteiger partial charge in [0, 0.05) is 11.7 Å². The largest absolute Gasteiger partial charge is 0.340 e.